The van der Waals surface area contributed by atoms with Crippen LogP contribution in [-0.4, -0.2) is 6.66 Å². The van der Waals surface area contributed by atoms with Crippen molar-refractivity contribution in [2.24, 2.45) is 0 Å². The highest BCUT2D eigenvalue weighted by atomic mass is 31.2. The highest BCUT2D eigenvalue weighted by Gasteiger charge is 2.40. The Morgan fingerprint density at radius 1 is 0.818 bits per heavy atom. The van der Waals surface area contributed by atoms with Crippen molar-refractivity contribution in [2.45, 2.75) is 13.8 Å². The lowest BCUT2D eigenvalue weighted by molar-refractivity contribution is 1.50. The monoisotopic (exact) mass is 309 g/mol. The summed E-state index contributed by atoms with van der Waals surface area (Å²) in [6, 6.07) is 21.4. The SMILES string of the molecule is C=C/C=C(\C=C)[P+](C)(c1ccccc1)c1ccccc1.CC. The van der Waals surface area contributed by atoms with Crippen LogP contribution in [0.25, 0.3) is 0 Å². The molecular formula is C21H26P+. The molecule has 2 aromatic rings. The van der Waals surface area contributed by atoms with E-state index in [1.807, 2.05) is 26.0 Å². The minimum Gasteiger partial charge on any atom is -0.0989 e. The maximum Gasteiger partial charge on any atom is 0.109 e. The first-order chi connectivity index (χ1) is 10.7. The van der Waals surface area contributed by atoms with Crippen molar-refractivity contribution in [1.82, 2.24) is 0 Å². The fraction of sp³-hybridized carbons (Fsp3) is 0.143. The smallest absolute Gasteiger partial charge is 0.0989 e. The predicted octanol–water partition coefficient (Wildman–Crippen LogP) is 5.57. The van der Waals surface area contributed by atoms with Crippen LogP contribution in [0.4, 0.5) is 0 Å². The van der Waals surface area contributed by atoms with E-state index in [1.54, 1.807) is 0 Å². The van der Waals surface area contributed by atoms with Crippen molar-refractivity contribution in [3.8, 4) is 0 Å². The summed E-state index contributed by atoms with van der Waals surface area (Å²) in [5.74, 6) is 0. The minimum absolute atomic E-state index is 1.25. The van der Waals surface area contributed by atoms with Gasteiger partial charge in [0.1, 0.15) is 23.2 Å². The van der Waals surface area contributed by atoms with Crippen LogP contribution >= 0.6 is 7.26 Å². The zero-order valence-electron chi connectivity index (χ0n) is 13.9. The number of allylic oxidation sites excluding steroid dienone is 4. The molecule has 0 saturated carbocycles. The molecule has 114 valence electrons. The van der Waals surface area contributed by atoms with Gasteiger partial charge in [0.05, 0.1) is 6.66 Å². The van der Waals surface area contributed by atoms with Crippen LogP contribution in [0.5, 0.6) is 0 Å². The molecule has 0 aromatic heterocycles. The van der Waals surface area contributed by atoms with E-state index in [0.717, 1.165) is 0 Å². The number of hydrogen-bond acceptors (Lipinski definition) is 0. The first-order valence-electron chi connectivity index (χ1n) is 7.67. The van der Waals surface area contributed by atoms with Gasteiger partial charge in [-0.15, -0.1) is 0 Å². The highest BCUT2D eigenvalue weighted by molar-refractivity contribution is 7.92. The summed E-state index contributed by atoms with van der Waals surface area (Å²) >= 11 is 0. The number of hydrogen-bond donors (Lipinski definition) is 0. The molecule has 2 aromatic carbocycles. The molecule has 0 aliphatic heterocycles. The molecule has 0 aliphatic rings. The molecule has 0 aliphatic carbocycles. The Morgan fingerprint density at radius 3 is 1.55 bits per heavy atom. The minimum atomic E-state index is -1.63. The molecule has 0 atom stereocenters. The van der Waals surface area contributed by atoms with Crippen LogP contribution in [0.3, 0.4) is 0 Å². The van der Waals surface area contributed by atoms with Gasteiger partial charge in [0.25, 0.3) is 0 Å². The fourth-order valence-electron chi connectivity index (χ4n) is 2.42. The summed E-state index contributed by atoms with van der Waals surface area (Å²) in [5.41, 5.74) is 0. The summed E-state index contributed by atoms with van der Waals surface area (Å²) in [4.78, 5) is 0. The van der Waals surface area contributed by atoms with Crippen LogP contribution in [0, 0.1) is 0 Å². The Balaban J connectivity index is 0.00000116. The van der Waals surface area contributed by atoms with Crippen molar-refractivity contribution in [3.05, 3.63) is 97.4 Å². The van der Waals surface area contributed by atoms with E-state index in [9.17, 15) is 0 Å². The van der Waals surface area contributed by atoms with Crippen molar-refractivity contribution in [2.75, 3.05) is 6.66 Å². The van der Waals surface area contributed by atoms with Crippen molar-refractivity contribution in [3.63, 3.8) is 0 Å². The third-order valence-corrected chi connectivity index (χ3v) is 7.59. The summed E-state index contributed by atoms with van der Waals surface area (Å²) in [7, 11) is -1.63. The third kappa shape index (κ3) is 3.84. The lowest BCUT2D eigenvalue weighted by atomic mass is 10.4. The molecule has 1 heteroatoms. The van der Waals surface area contributed by atoms with Crippen molar-refractivity contribution >= 4 is 17.9 Å². The molecule has 22 heavy (non-hydrogen) atoms. The van der Waals surface area contributed by atoms with E-state index in [-0.39, 0.29) is 0 Å². The zero-order chi connectivity index (χ0) is 16.4. The molecule has 2 rings (SSSR count). The largest absolute Gasteiger partial charge is 0.109 e. The van der Waals surface area contributed by atoms with Gasteiger partial charge in [-0.3, -0.25) is 0 Å². The van der Waals surface area contributed by atoms with E-state index in [1.165, 1.54) is 15.9 Å². The molecule has 0 bridgehead atoms. The van der Waals surface area contributed by atoms with E-state index >= 15 is 0 Å². The molecule has 0 amide bonds. The molecule has 0 N–H and O–H groups in total. The Bertz CT molecular complexity index is 569. The van der Waals surface area contributed by atoms with E-state index < -0.39 is 7.26 Å². The van der Waals surface area contributed by atoms with Gasteiger partial charge in [-0.1, -0.05) is 69.5 Å². The normalized spacial score (nSPS) is 11.1. The van der Waals surface area contributed by atoms with Gasteiger partial charge in [0, 0.05) is 0 Å². The number of rotatable bonds is 5. The number of benzene rings is 2. The molecule has 0 heterocycles. The Labute approximate surface area is 136 Å². The summed E-state index contributed by atoms with van der Waals surface area (Å²) in [6.45, 7) is 14.2. The summed E-state index contributed by atoms with van der Waals surface area (Å²) in [6.07, 6.45) is 5.90. The Kier molecular flexibility index (Phi) is 7.57. The summed E-state index contributed by atoms with van der Waals surface area (Å²) < 4.78 is 0. The van der Waals surface area contributed by atoms with Gasteiger partial charge in [-0.2, -0.15) is 0 Å². The van der Waals surface area contributed by atoms with Gasteiger partial charge >= 0.3 is 0 Å². The molecule has 0 radical (unpaired) electrons. The molecule has 0 unspecified atom stereocenters. The van der Waals surface area contributed by atoms with E-state index in [4.69, 9.17) is 0 Å². The first-order valence-corrected chi connectivity index (χ1v) is 9.90. The maximum atomic E-state index is 4.01. The lowest BCUT2D eigenvalue weighted by Gasteiger charge is -2.23. The third-order valence-electron chi connectivity index (χ3n) is 3.56. The lowest BCUT2D eigenvalue weighted by Crippen LogP contribution is -2.22. The fourth-order valence-corrected chi connectivity index (χ4v) is 5.62. The van der Waals surface area contributed by atoms with Gasteiger partial charge in [-0.05, 0) is 36.4 Å². The van der Waals surface area contributed by atoms with E-state index in [2.05, 4.69) is 86.6 Å². The van der Waals surface area contributed by atoms with E-state index in [0.29, 0.717) is 0 Å². The van der Waals surface area contributed by atoms with Crippen LogP contribution in [0.15, 0.2) is 97.4 Å². The Morgan fingerprint density at radius 2 is 1.23 bits per heavy atom. The van der Waals surface area contributed by atoms with Crippen LogP contribution in [0.2, 0.25) is 0 Å². The van der Waals surface area contributed by atoms with Gasteiger partial charge in [-0.25, -0.2) is 0 Å². The molecular weight excluding hydrogens is 283 g/mol. The Hall–Kier alpha value is -1.91. The van der Waals surface area contributed by atoms with Crippen LogP contribution < -0.4 is 10.6 Å². The summed E-state index contributed by atoms with van der Waals surface area (Å²) in [5, 5.41) is 3.98. The average molecular weight is 309 g/mol. The second-order valence-corrected chi connectivity index (χ2v) is 8.27. The second kappa shape index (κ2) is 9.18. The van der Waals surface area contributed by atoms with Crippen molar-refractivity contribution in [1.29, 1.82) is 0 Å². The van der Waals surface area contributed by atoms with Crippen LogP contribution in [-0.2, 0) is 0 Å². The standard InChI is InChI=1S/C19H20P.C2H6/c1-4-12-17(5-2)20(3,18-13-8-6-9-14-18)19-15-10-7-11-16-19;1-2/h4-16H,1-2H2,3H3;1-2H3/q+1;/b17-12+;. The average Bonchev–Trinajstić information content (AvgIpc) is 2.62. The highest BCUT2D eigenvalue weighted by Crippen LogP contribution is 2.60. The topological polar surface area (TPSA) is 0 Å². The molecule has 0 fully saturated rings. The van der Waals surface area contributed by atoms with Gasteiger partial charge in [0.15, 0.2) is 0 Å². The first kappa shape index (κ1) is 18.1. The predicted molar refractivity (Wildman–Crippen MR) is 105 cm³/mol. The van der Waals surface area contributed by atoms with Gasteiger partial charge < -0.3 is 0 Å². The molecule has 0 nitrogen and oxygen atoms in total. The van der Waals surface area contributed by atoms with Crippen molar-refractivity contribution < 1.29 is 0 Å². The quantitative estimate of drug-likeness (QED) is 0.500. The zero-order valence-corrected chi connectivity index (χ0v) is 14.8. The molecule has 0 saturated heterocycles. The molecule has 0 spiro atoms. The second-order valence-electron chi connectivity index (χ2n) is 4.71. The van der Waals surface area contributed by atoms with Crippen LogP contribution in [0.1, 0.15) is 13.8 Å². The maximum absolute atomic E-state index is 4.01. The van der Waals surface area contributed by atoms with Gasteiger partial charge in [0.2, 0.25) is 0 Å².